The Bertz CT molecular complexity index is 1080. The number of aromatic nitrogens is 2. The Labute approximate surface area is 161 Å². The van der Waals surface area contributed by atoms with E-state index in [1.807, 2.05) is 6.92 Å². The molecule has 0 aliphatic rings. The summed E-state index contributed by atoms with van der Waals surface area (Å²) in [6, 6.07) is 11.5. The molecular weight excluding hydrogens is 360 g/mol. The SMILES string of the molecule is COc1ccc(C(C)=O)cc1COC(=O)c1ccc(-n2c(C)c[nH]c2=O)cc1. The number of esters is 1. The summed E-state index contributed by atoms with van der Waals surface area (Å²) in [5.74, 6) is -0.0588. The molecule has 1 N–H and O–H groups in total. The van der Waals surface area contributed by atoms with Crippen LogP contribution in [0.2, 0.25) is 0 Å². The lowest BCUT2D eigenvalue weighted by Crippen LogP contribution is -2.16. The van der Waals surface area contributed by atoms with Gasteiger partial charge in [-0.2, -0.15) is 0 Å². The Morgan fingerprint density at radius 2 is 1.75 bits per heavy atom. The van der Waals surface area contributed by atoms with Crippen molar-refractivity contribution in [1.29, 1.82) is 0 Å². The number of nitrogens with zero attached hydrogens (tertiary/aromatic N) is 1. The summed E-state index contributed by atoms with van der Waals surface area (Å²) < 4.78 is 12.1. The maximum atomic E-state index is 12.4. The average molecular weight is 380 g/mol. The fraction of sp³-hybridized carbons (Fsp3) is 0.190. The molecule has 7 heteroatoms. The number of hydrogen-bond acceptors (Lipinski definition) is 5. The van der Waals surface area contributed by atoms with Crippen molar-refractivity contribution in [3.8, 4) is 11.4 Å². The van der Waals surface area contributed by atoms with Crippen LogP contribution in [0.3, 0.4) is 0 Å². The zero-order valence-electron chi connectivity index (χ0n) is 15.8. The second-order valence-electron chi connectivity index (χ2n) is 6.28. The highest BCUT2D eigenvalue weighted by Crippen LogP contribution is 2.22. The van der Waals surface area contributed by atoms with Gasteiger partial charge >= 0.3 is 11.7 Å². The third-order valence-corrected chi connectivity index (χ3v) is 4.37. The summed E-state index contributed by atoms with van der Waals surface area (Å²) in [6.07, 6.45) is 1.62. The molecule has 0 aliphatic heterocycles. The smallest absolute Gasteiger partial charge is 0.338 e. The van der Waals surface area contributed by atoms with Crippen molar-refractivity contribution in [3.63, 3.8) is 0 Å². The number of nitrogens with one attached hydrogen (secondary N) is 1. The molecule has 1 aromatic heterocycles. The number of imidazole rings is 1. The second kappa shape index (κ2) is 7.96. The maximum absolute atomic E-state index is 12.4. The van der Waals surface area contributed by atoms with E-state index in [2.05, 4.69) is 4.98 Å². The van der Waals surface area contributed by atoms with Crippen LogP contribution in [-0.2, 0) is 11.3 Å². The van der Waals surface area contributed by atoms with Gasteiger partial charge in [-0.15, -0.1) is 0 Å². The maximum Gasteiger partial charge on any atom is 0.338 e. The number of hydrogen-bond donors (Lipinski definition) is 1. The van der Waals surface area contributed by atoms with Crippen LogP contribution in [0.5, 0.6) is 5.75 Å². The highest BCUT2D eigenvalue weighted by molar-refractivity contribution is 5.94. The summed E-state index contributed by atoms with van der Waals surface area (Å²) >= 11 is 0. The van der Waals surface area contributed by atoms with Gasteiger partial charge in [-0.05, 0) is 56.3 Å². The van der Waals surface area contributed by atoms with E-state index in [1.165, 1.54) is 18.6 Å². The minimum Gasteiger partial charge on any atom is -0.496 e. The Kier molecular flexibility index (Phi) is 5.44. The van der Waals surface area contributed by atoms with E-state index in [0.717, 1.165) is 5.69 Å². The minimum absolute atomic E-state index is 0.0265. The minimum atomic E-state index is -0.514. The summed E-state index contributed by atoms with van der Waals surface area (Å²) in [5.41, 5.74) is 2.64. The van der Waals surface area contributed by atoms with E-state index in [0.29, 0.717) is 28.1 Å². The van der Waals surface area contributed by atoms with Crippen LogP contribution in [0.25, 0.3) is 5.69 Å². The van der Waals surface area contributed by atoms with Crippen LogP contribution >= 0.6 is 0 Å². The van der Waals surface area contributed by atoms with Crippen molar-refractivity contribution >= 4 is 11.8 Å². The van der Waals surface area contributed by atoms with E-state index >= 15 is 0 Å². The molecule has 0 bridgehead atoms. The van der Waals surface area contributed by atoms with Crippen LogP contribution in [0.4, 0.5) is 0 Å². The van der Waals surface area contributed by atoms with E-state index in [9.17, 15) is 14.4 Å². The first-order chi connectivity index (χ1) is 13.4. The molecule has 3 rings (SSSR count). The molecule has 2 aromatic carbocycles. The van der Waals surface area contributed by atoms with Crippen LogP contribution in [0, 0.1) is 6.92 Å². The van der Waals surface area contributed by atoms with E-state index in [4.69, 9.17) is 9.47 Å². The quantitative estimate of drug-likeness (QED) is 0.524. The molecule has 28 heavy (non-hydrogen) atoms. The van der Waals surface area contributed by atoms with Gasteiger partial charge < -0.3 is 14.5 Å². The molecule has 0 aliphatic carbocycles. The Morgan fingerprint density at radius 3 is 2.32 bits per heavy atom. The number of rotatable bonds is 6. The lowest BCUT2D eigenvalue weighted by atomic mass is 10.1. The van der Waals surface area contributed by atoms with E-state index < -0.39 is 5.97 Å². The van der Waals surface area contributed by atoms with E-state index in [-0.39, 0.29) is 18.1 Å². The predicted octanol–water partition coefficient (Wildman–Crippen LogP) is 3.04. The molecule has 0 amide bonds. The Hall–Kier alpha value is -3.61. The van der Waals surface area contributed by atoms with Crippen molar-refractivity contribution in [3.05, 3.63) is 81.5 Å². The summed E-state index contributed by atoms with van der Waals surface area (Å²) in [4.78, 5) is 38.4. The van der Waals surface area contributed by atoms with Gasteiger partial charge in [0.05, 0.1) is 18.4 Å². The summed E-state index contributed by atoms with van der Waals surface area (Å²) in [6.45, 7) is 3.25. The fourth-order valence-electron chi connectivity index (χ4n) is 2.86. The molecule has 0 saturated carbocycles. The number of H-pyrrole nitrogens is 1. The Balaban J connectivity index is 1.75. The lowest BCUT2D eigenvalue weighted by molar-refractivity contribution is 0.0470. The normalized spacial score (nSPS) is 10.5. The van der Waals surface area contributed by atoms with Crippen LogP contribution in [-0.4, -0.2) is 28.4 Å². The zero-order valence-corrected chi connectivity index (χ0v) is 15.8. The number of carbonyl (C=O) groups is 2. The van der Waals surface area contributed by atoms with Crippen molar-refractivity contribution in [2.45, 2.75) is 20.5 Å². The Morgan fingerprint density at radius 1 is 1.07 bits per heavy atom. The van der Waals surface area contributed by atoms with Gasteiger partial charge in [-0.3, -0.25) is 9.36 Å². The monoisotopic (exact) mass is 380 g/mol. The summed E-state index contributed by atoms with van der Waals surface area (Å²) in [7, 11) is 1.51. The van der Waals surface area contributed by atoms with Crippen molar-refractivity contribution in [2.24, 2.45) is 0 Å². The molecule has 0 atom stereocenters. The third-order valence-electron chi connectivity index (χ3n) is 4.37. The molecule has 0 unspecified atom stereocenters. The third kappa shape index (κ3) is 3.88. The lowest BCUT2D eigenvalue weighted by Gasteiger charge is -2.11. The fourth-order valence-corrected chi connectivity index (χ4v) is 2.86. The number of benzene rings is 2. The van der Waals surface area contributed by atoms with Crippen LogP contribution in [0.1, 0.15) is 38.9 Å². The van der Waals surface area contributed by atoms with Gasteiger partial charge in [0.1, 0.15) is 12.4 Å². The van der Waals surface area contributed by atoms with Crippen molar-refractivity contribution in [1.82, 2.24) is 9.55 Å². The van der Waals surface area contributed by atoms with Gasteiger partial charge in [-0.1, -0.05) is 0 Å². The number of aromatic amines is 1. The molecule has 0 fully saturated rings. The topological polar surface area (TPSA) is 90.4 Å². The molecule has 0 radical (unpaired) electrons. The second-order valence-corrected chi connectivity index (χ2v) is 6.28. The molecule has 7 nitrogen and oxygen atoms in total. The summed E-state index contributed by atoms with van der Waals surface area (Å²) in [5, 5.41) is 0. The molecular formula is C21H20N2O5. The van der Waals surface area contributed by atoms with Gasteiger partial charge in [-0.25, -0.2) is 9.59 Å². The molecule has 1 heterocycles. The highest BCUT2D eigenvalue weighted by atomic mass is 16.5. The number of ether oxygens (including phenoxy) is 2. The van der Waals surface area contributed by atoms with Gasteiger partial charge in [0.15, 0.2) is 5.78 Å². The molecule has 3 aromatic rings. The molecule has 144 valence electrons. The number of aryl methyl sites for hydroxylation is 1. The van der Waals surface area contributed by atoms with Crippen molar-refractivity contribution in [2.75, 3.05) is 7.11 Å². The van der Waals surface area contributed by atoms with Crippen LogP contribution < -0.4 is 10.4 Å². The van der Waals surface area contributed by atoms with Gasteiger partial charge in [0.25, 0.3) is 0 Å². The molecule has 0 saturated heterocycles. The van der Waals surface area contributed by atoms with E-state index in [1.54, 1.807) is 48.7 Å². The number of ketones is 1. The number of methoxy groups -OCH3 is 1. The highest BCUT2D eigenvalue weighted by Gasteiger charge is 2.13. The largest absolute Gasteiger partial charge is 0.496 e. The average Bonchev–Trinajstić information content (AvgIpc) is 3.04. The predicted molar refractivity (Wildman–Crippen MR) is 103 cm³/mol. The first kappa shape index (κ1) is 19.2. The van der Waals surface area contributed by atoms with Crippen molar-refractivity contribution < 1.29 is 19.1 Å². The van der Waals surface area contributed by atoms with Gasteiger partial charge in [0.2, 0.25) is 0 Å². The first-order valence-electron chi connectivity index (χ1n) is 8.63. The zero-order chi connectivity index (χ0) is 20.3. The standard InChI is InChI=1S/C21H20N2O5/c1-13-11-22-21(26)23(13)18-7-4-15(5-8-18)20(25)28-12-17-10-16(14(2)24)6-9-19(17)27-3/h4-11H,12H2,1-3H3,(H,22,26). The first-order valence-corrected chi connectivity index (χ1v) is 8.63. The van der Waals surface area contributed by atoms with Crippen LogP contribution in [0.15, 0.2) is 53.5 Å². The number of carbonyl (C=O) groups excluding carboxylic acids is 2. The van der Waals surface area contributed by atoms with Gasteiger partial charge in [0, 0.05) is 23.0 Å². The molecule has 0 spiro atoms. The number of Topliss-reactive ketones (excluding diaryl/α,β-unsaturated/α-hetero) is 1.